The van der Waals surface area contributed by atoms with E-state index >= 15 is 0 Å². The highest BCUT2D eigenvalue weighted by atomic mass is 35.5. The van der Waals surface area contributed by atoms with E-state index in [0.717, 1.165) is 39.1 Å². The Hall–Kier alpha value is -2.56. The number of hydrogen-bond donors (Lipinski definition) is 1. The topological polar surface area (TPSA) is 112 Å². The first-order chi connectivity index (χ1) is 14.7. The zero-order valence-corrected chi connectivity index (χ0v) is 17.2. The molecule has 10 nitrogen and oxygen atoms in total. The second kappa shape index (κ2) is 9.96. The van der Waals surface area contributed by atoms with E-state index in [0.29, 0.717) is 37.4 Å². The molecule has 0 spiro atoms. The largest absolute Gasteiger partial charge is 0.477 e. The second-order valence-electron chi connectivity index (χ2n) is 7.05. The Morgan fingerprint density at radius 1 is 1.13 bits per heavy atom. The summed E-state index contributed by atoms with van der Waals surface area (Å²) >= 11 is 5.98. The Balaban J connectivity index is 1.37. The lowest BCUT2D eigenvalue weighted by Gasteiger charge is -2.26. The van der Waals surface area contributed by atoms with Crippen molar-refractivity contribution in [3.8, 4) is 5.88 Å². The predicted octanol–water partition coefficient (Wildman–Crippen LogP) is 1.81. The highest BCUT2D eigenvalue weighted by Gasteiger charge is 2.18. The third-order valence-corrected chi connectivity index (χ3v) is 5.07. The van der Waals surface area contributed by atoms with Crippen LogP contribution in [0.1, 0.15) is 23.3 Å². The molecular formula is C19H23ClN6O4. The van der Waals surface area contributed by atoms with Crippen molar-refractivity contribution in [3.63, 3.8) is 0 Å². The molecule has 11 heteroatoms. The van der Waals surface area contributed by atoms with Crippen molar-refractivity contribution in [1.29, 1.82) is 0 Å². The van der Waals surface area contributed by atoms with Crippen molar-refractivity contribution in [2.24, 2.45) is 5.92 Å². The molecule has 0 bridgehead atoms. The zero-order valence-electron chi connectivity index (χ0n) is 16.4. The molecule has 0 aromatic carbocycles. The number of carbonyl (C=O) groups excluding carboxylic acids is 1. The van der Waals surface area contributed by atoms with E-state index in [-0.39, 0.29) is 16.9 Å². The van der Waals surface area contributed by atoms with Crippen molar-refractivity contribution < 1.29 is 19.0 Å². The number of nitrogens with zero attached hydrogens (tertiary/aromatic N) is 5. The number of amides is 1. The number of halogens is 1. The SMILES string of the molecule is O=C(Nc1cnc(N2CCOCC2)nc1)c1cc(OCC2CCOCC2)nc(Cl)n1. The molecule has 2 aliphatic heterocycles. The minimum atomic E-state index is -0.446. The van der Waals surface area contributed by atoms with E-state index in [2.05, 4.69) is 25.3 Å². The van der Waals surface area contributed by atoms with Gasteiger partial charge in [0.1, 0.15) is 5.69 Å². The molecule has 2 aliphatic rings. The molecule has 1 amide bonds. The van der Waals surface area contributed by atoms with Gasteiger partial charge in [0.15, 0.2) is 0 Å². The lowest BCUT2D eigenvalue weighted by Crippen LogP contribution is -2.37. The molecule has 1 N–H and O–H groups in total. The van der Waals surface area contributed by atoms with Crippen LogP contribution < -0.4 is 15.0 Å². The molecule has 0 unspecified atom stereocenters. The highest BCUT2D eigenvalue weighted by molar-refractivity contribution is 6.28. The van der Waals surface area contributed by atoms with Crippen molar-refractivity contribution in [2.75, 3.05) is 56.3 Å². The molecule has 4 rings (SSSR count). The summed E-state index contributed by atoms with van der Waals surface area (Å²) in [6.45, 7) is 4.74. The Bertz CT molecular complexity index is 857. The molecule has 2 fully saturated rings. The van der Waals surface area contributed by atoms with Gasteiger partial charge >= 0.3 is 0 Å². The fourth-order valence-electron chi connectivity index (χ4n) is 3.21. The number of nitrogens with one attached hydrogen (secondary N) is 1. The average Bonchev–Trinajstić information content (AvgIpc) is 2.79. The van der Waals surface area contributed by atoms with Gasteiger partial charge in [-0.15, -0.1) is 0 Å². The van der Waals surface area contributed by atoms with E-state index in [1.54, 1.807) is 12.4 Å². The predicted molar refractivity (Wildman–Crippen MR) is 109 cm³/mol. The number of ether oxygens (including phenoxy) is 3. The first kappa shape index (κ1) is 20.7. The molecule has 0 aliphatic carbocycles. The summed E-state index contributed by atoms with van der Waals surface area (Å²) < 4.78 is 16.4. The average molecular weight is 435 g/mol. The number of aromatic nitrogens is 4. The van der Waals surface area contributed by atoms with Crippen LogP contribution in [0.5, 0.6) is 5.88 Å². The number of rotatable bonds is 6. The normalized spacial score (nSPS) is 17.6. The van der Waals surface area contributed by atoms with Gasteiger partial charge in [0.25, 0.3) is 5.91 Å². The summed E-state index contributed by atoms with van der Waals surface area (Å²) in [4.78, 5) is 31.3. The van der Waals surface area contributed by atoms with E-state index in [9.17, 15) is 4.79 Å². The summed E-state index contributed by atoms with van der Waals surface area (Å²) in [7, 11) is 0. The quantitative estimate of drug-likeness (QED) is 0.680. The van der Waals surface area contributed by atoms with Crippen LogP contribution in [0, 0.1) is 5.92 Å². The Labute approximate surface area is 178 Å². The summed E-state index contributed by atoms with van der Waals surface area (Å²) in [6.07, 6.45) is 4.99. The number of morpholine rings is 1. The van der Waals surface area contributed by atoms with E-state index in [1.807, 2.05) is 4.90 Å². The van der Waals surface area contributed by atoms with Crippen molar-refractivity contribution in [3.05, 3.63) is 29.4 Å². The minimum absolute atomic E-state index is 0.0523. The van der Waals surface area contributed by atoms with Crippen molar-refractivity contribution in [2.45, 2.75) is 12.8 Å². The lowest BCUT2D eigenvalue weighted by molar-refractivity contribution is 0.0490. The molecule has 0 saturated carbocycles. The number of hydrogen-bond acceptors (Lipinski definition) is 9. The maximum Gasteiger partial charge on any atom is 0.274 e. The van der Waals surface area contributed by atoms with Crippen molar-refractivity contribution >= 4 is 29.1 Å². The standard InChI is InChI=1S/C19H23ClN6O4/c20-18-24-15(9-16(25-18)30-12-13-1-5-28-6-2-13)17(27)23-14-10-21-19(22-11-14)26-3-7-29-8-4-26/h9-11,13H,1-8,12H2,(H,23,27). The van der Waals surface area contributed by atoms with E-state index in [4.69, 9.17) is 25.8 Å². The molecule has 160 valence electrons. The van der Waals surface area contributed by atoms with Crippen LogP contribution in [0.25, 0.3) is 0 Å². The van der Waals surface area contributed by atoms with Gasteiger partial charge in [-0.05, 0) is 30.4 Å². The van der Waals surface area contributed by atoms with Crippen LogP contribution in [-0.2, 0) is 9.47 Å². The molecule has 4 heterocycles. The maximum atomic E-state index is 12.6. The van der Waals surface area contributed by atoms with Gasteiger partial charge in [0.05, 0.1) is 37.9 Å². The smallest absolute Gasteiger partial charge is 0.274 e. The van der Waals surface area contributed by atoms with Gasteiger partial charge < -0.3 is 24.4 Å². The fraction of sp³-hybridized carbons (Fsp3) is 0.526. The van der Waals surface area contributed by atoms with Gasteiger partial charge in [-0.3, -0.25) is 4.79 Å². The summed E-state index contributed by atoms with van der Waals surface area (Å²) in [5.41, 5.74) is 0.561. The molecule has 0 radical (unpaired) electrons. The highest BCUT2D eigenvalue weighted by Crippen LogP contribution is 2.19. The van der Waals surface area contributed by atoms with Gasteiger partial charge in [-0.25, -0.2) is 15.0 Å². The first-order valence-electron chi connectivity index (χ1n) is 9.88. The van der Waals surface area contributed by atoms with E-state index in [1.165, 1.54) is 6.07 Å². The lowest BCUT2D eigenvalue weighted by atomic mass is 10.0. The monoisotopic (exact) mass is 434 g/mol. The summed E-state index contributed by atoms with van der Waals surface area (Å²) in [5.74, 6) is 0.820. The molecule has 2 saturated heterocycles. The third kappa shape index (κ3) is 5.53. The Morgan fingerprint density at radius 2 is 1.83 bits per heavy atom. The van der Waals surface area contributed by atoms with Crippen LogP contribution in [0.15, 0.2) is 18.5 Å². The zero-order chi connectivity index (χ0) is 20.8. The van der Waals surface area contributed by atoms with Crippen LogP contribution in [-0.4, -0.2) is 72.0 Å². The molecule has 2 aromatic heterocycles. The maximum absolute atomic E-state index is 12.6. The van der Waals surface area contributed by atoms with Crippen LogP contribution in [0.2, 0.25) is 5.28 Å². The van der Waals surface area contributed by atoms with Gasteiger partial charge in [0, 0.05) is 32.4 Å². The van der Waals surface area contributed by atoms with Crippen LogP contribution in [0.3, 0.4) is 0 Å². The van der Waals surface area contributed by atoms with Gasteiger partial charge in [-0.1, -0.05) is 0 Å². The van der Waals surface area contributed by atoms with E-state index < -0.39 is 5.91 Å². The van der Waals surface area contributed by atoms with Gasteiger partial charge in [0.2, 0.25) is 17.1 Å². The molecular weight excluding hydrogens is 412 g/mol. The van der Waals surface area contributed by atoms with Gasteiger partial charge in [-0.2, -0.15) is 4.98 Å². The number of anilines is 2. The van der Waals surface area contributed by atoms with Crippen LogP contribution >= 0.6 is 11.6 Å². The Kier molecular flexibility index (Phi) is 6.88. The summed E-state index contributed by atoms with van der Waals surface area (Å²) in [5, 5.41) is 2.67. The first-order valence-corrected chi connectivity index (χ1v) is 10.3. The molecule has 2 aromatic rings. The molecule has 0 atom stereocenters. The molecule has 30 heavy (non-hydrogen) atoms. The number of carbonyl (C=O) groups is 1. The summed E-state index contributed by atoms with van der Waals surface area (Å²) in [6, 6.07) is 1.48. The fourth-order valence-corrected chi connectivity index (χ4v) is 3.39. The third-order valence-electron chi connectivity index (χ3n) is 4.91. The van der Waals surface area contributed by atoms with Crippen LogP contribution in [0.4, 0.5) is 11.6 Å². The van der Waals surface area contributed by atoms with Crippen molar-refractivity contribution in [1.82, 2.24) is 19.9 Å². The second-order valence-corrected chi connectivity index (χ2v) is 7.39. The minimum Gasteiger partial charge on any atom is -0.477 e. The Morgan fingerprint density at radius 3 is 2.57 bits per heavy atom.